The molecule has 0 spiro atoms. The van der Waals surface area contributed by atoms with Gasteiger partial charge in [-0.05, 0) is 0 Å². The first-order valence-corrected chi connectivity index (χ1v) is 3.43. The summed E-state index contributed by atoms with van der Waals surface area (Å²) in [4.78, 5) is 11.2. The van der Waals surface area contributed by atoms with E-state index in [1.165, 1.54) is 13.2 Å². The quantitative estimate of drug-likeness (QED) is 0.481. The number of methoxy groups -OCH3 is 1. The van der Waals surface area contributed by atoms with E-state index in [0.29, 0.717) is 0 Å². The second kappa shape index (κ2) is 3.42. The van der Waals surface area contributed by atoms with E-state index in [4.69, 9.17) is 5.73 Å². The van der Waals surface area contributed by atoms with Gasteiger partial charge in [0.1, 0.15) is 0 Å². The fourth-order valence-corrected chi connectivity index (χ4v) is 0.405. The highest BCUT2D eigenvalue weighted by atomic mass is 16.5. The van der Waals surface area contributed by atoms with Gasteiger partial charge in [0, 0.05) is 11.5 Å². The number of nitrogens with two attached hydrogens (primary N) is 1. The molecular weight excluding hydrogens is 142 g/mol. The highest BCUT2D eigenvalue weighted by Gasteiger charge is 2.19. The maximum Gasteiger partial charge on any atom is 0.187 e. The van der Waals surface area contributed by atoms with E-state index in [9.17, 15) is 4.79 Å². The van der Waals surface area contributed by atoms with Gasteiger partial charge in [0.2, 0.25) is 0 Å². The number of carbonyl (C=O) groups excluding carboxylic acids is 1. The van der Waals surface area contributed by atoms with Crippen molar-refractivity contribution in [3.05, 3.63) is 12.0 Å². The van der Waals surface area contributed by atoms with Crippen molar-refractivity contribution >= 4 is 5.78 Å². The number of hydrogen-bond donors (Lipinski definition) is 1. The SMILES string of the molecule is CO/C(N)=C\C(=O)C(C)(C)C. The molecule has 64 valence electrons. The Balaban J connectivity index is 4.30. The Bertz CT molecular complexity index is 177. The van der Waals surface area contributed by atoms with Crippen LogP contribution in [0, 0.1) is 5.41 Å². The molecule has 3 nitrogen and oxygen atoms in total. The molecule has 0 unspecified atom stereocenters. The van der Waals surface area contributed by atoms with Gasteiger partial charge in [-0.2, -0.15) is 0 Å². The molecule has 0 aliphatic heterocycles. The van der Waals surface area contributed by atoms with Crippen LogP contribution in [-0.4, -0.2) is 12.9 Å². The summed E-state index contributed by atoms with van der Waals surface area (Å²) in [7, 11) is 1.43. The lowest BCUT2D eigenvalue weighted by atomic mass is 9.91. The van der Waals surface area contributed by atoms with Crippen molar-refractivity contribution in [1.29, 1.82) is 0 Å². The molecule has 0 aromatic rings. The van der Waals surface area contributed by atoms with Crippen LogP contribution in [0.2, 0.25) is 0 Å². The zero-order valence-electron chi connectivity index (χ0n) is 7.47. The Morgan fingerprint density at radius 2 is 1.91 bits per heavy atom. The average Bonchev–Trinajstić information content (AvgIpc) is 1.85. The van der Waals surface area contributed by atoms with Gasteiger partial charge in [-0.15, -0.1) is 0 Å². The smallest absolute Gasteiger partial charge is 0.187 e. The molecule has 0 aromatic heterocycles. The molecule has 0 radical (unpaired) electrons. The lowest BCUT2D eigenvalue weighted by Crippen LogP contribution is -2.19. The molecule has 0 saturated heterocycles. The second-order valence-corrected chi connectivity index (χ2v) is 3.37. The third kappa shape index (κ3) is 3.65. The third-order valence-electron chi connectivity index (χ3n) is 1.25. The monoisotopic (exact) mass is 157 g/mol. The van der Waals surface area contributed by atoms with Crippen LogP contribution in [0.3, 0.4) is 0 Å². The predicted molar refractivity (Wildman–Crippen MR) is 43.7 cm³/mol. The summed E-state index contributed by atoms with van der Waals surface area (Å²) in [5.74, 6) is 0.127. The van der Waals surface area contributed by atoms with Crippen LogP contribution in [0.5, 0.6) is 0 Å². The van der Waals surface area contributed by atoms with E-state index in [1.807, 2.05) is 20.8 Å². The predicted octanol–water partition coefficient (Wildman–Crippen LogP) is 1.05. The van der Waals surface area contributed by atoms with E-state index >= 15 is 0 Å². The van der Waals surface area contributed by atoms with Gasteiger partial charge in [-0.25, -0.2) is 0 Å². The second-order valence-electron chi connectivity index (χ2n) is 3.37. The molecule has 0 aliphatic rings. The first-order valence-electron chi connectivity index (χ1n) is 3.43. The van der Waals surface area contributed by atoms with Crippen LogP contribution in [0.4, 0.5) is 0 Å². The Hall–Kier alpha value is -0.990. The summed E-state index contributed by atoms with van der Waals surface area (Å²) < 4.78 is 4.63. The van der Waals surface area contributed by atoms with Crippen molar-refractivity contribution in [2.75, 3.05) is 7.11 Å². The first kappa shape index (κ1) is 10.0. The Kier molecular flexibility index (Phi) is 3.11. The molecule has 11 heavy (non-hydrogen) atoms. The summed E-state index contributed by atoms with van der Waals surface area (Å²) in [6, 6.07) is 0. The van der Waals surface area contributed by atoms with Crippen LogP contribution < -0.4 is 5.73 Å². The standard InChI is InChI=1S/C8H15NO2/c1-8(2,3)6(10)5-7(9)11-4/h5H,9H2,1-4H3/b7-5-. The highest BCUT2D eigenvalue weighted by Crippen LogP contribution is 2.15. The minimum absolute atomic E-state index is 0.0307. The molecule has 0 aliphatic carbocycles. The maximum atomic E-state index is 11.2. The van der Waals surface area contributed by atoms with Crippen LogP contribution in [0.1, 0.15) is 20.8 Å². The van der Waals surface area contributed by atoms with Crippen molar-refractivity contribution < 1.29 is 9.53 Å². The molecule has 0 aromatic carbocycles. The van der Waals surface area contributed by atoms with E-state index in [1.54, 1.807) is 0 Å². The largest absolute Gasteiger partial charge is 0.483 e. The van der Waals surface area contributed by atoms with E-state index in [-0.39, 0.29) is 17.1 Å². The summed E-state index contributed by atoms with van der Waals surface area (Å²) >= 11 is 0. The maximum absolute atomic E-state index is 11.2. The van der Waals surface area contributed by atoms with Crippen LogP contribution >= 0.6 is 0 Å². The molecule has 0 bridgehead atoms. The third-order valence-corrected chi connectivity index (χ3v) is 1.25. The van der Waals surface area contributed by atoms with Crippen molar-refractivity contribution in [2.24, 2.45) is 11.1 Å². The van der Waals surface area contributed by atoms with Gasteiger partial charge in [-0.1, -0.05) is 20.8 Å². The number of ether oxygens (including phenoxy) is 1. The number of allylic oxidation sites excluding steroid dienone is 1. The molecule has 0 amide bonds. The van der Waals surface area contributed by atoms with Gasteiger partial charge in [0.15, 0.2) is 11.7 Å². The van der Waals surface area contributed by atoms with Crippen molar-refractivity contribution in [1.82, 2.24) is 0 Å². The summed E-state index contributed by atoms with van der Waals surface area (Å²) in [5, 5.41) is 0. The zero-order valence-corrected chi connectivity index (χ0v) is 7.47. The summed E-state index contributed by atoms with van der Waals surface area (Å²) in [6.07, 6.45) is 1.31. The lowest BCUT2D eigenvalue weighted by Gasteiger charge is -2.13. The molecule has 3 heteroatoms. The molecule has 0 atom stereocenters. The molecule has 2 N–H and O–H groups in total. The first-order chi connectivity index (χ1) is 4.88. The van der Waals surface area contributed by atoms with E-state index in [0.717, 1.165) is 0 Å². The van der Waals surface area contributed by atoms with Crippen LogP contribution in [-0.2, 0) is 9.53 Å². The van der Waals surface area contributed by atoms with Crippen molar-refractivity contribution in [2.45, 2.75) is 20.8 Å². The fourth-order valence-electron chi connectivity index (χ4n) is 0.405. The van der Waals surface area contributed by atoms with E-state index in [2.05, 4.69) is 4.74 Å². The topological polar surface area (TPSA) is 52.3 Å². The minimum atomic E-state index is -0.386. The van der Waals surface area contributed by atoms with Crippen molar-refractivity contribution in [3.63, 3.8) is 0 Å². The van der Waals surface area contributed by atoms with Gasteiger partial charge in [-0.3, -0.25) is 4.79 Å². The normalized spacial score (nSPS) is 12.9. The van der Waals surface area contributed by atoms with Crippen LogP contribution in [0.25, 0.3) is 0 Å². The number of rotatable bonds is 2. The number of carbonyl (C=O) groups is 1. The summed E-state index contributed by atoms with van der Waals surface area (Å²) in [5.41, 5.74) is 4.90. The van der Waals surface area contributed by atoms with Crippen molar-refractivity contribution in [3.8, 4) is 0 Å². The molecule has 0 fully saturated rings. The van der Waals surface area contributed by atoms with Gasteiger partial charge in [0.25, 0.3) is 0 Å². The lowest BCUT2D eigenvalue weighted by molar-refractivity contribution is -0.121. The number of hydrogen-bond acceptors (Lipinski definition) is 3. The van der Waals surface area contributed by atoms with Gasteiger partial charge in [0.05, 0.1) is 7.11 Å². The Labute approximate surface area is 67.2 Å². The highest BCUT2D eigenvalue weighted by molar-refractivity contribution is 5.94. The Morgan fingerprint density at radius 1 is 1.45 bits per heavy atom. The average molecular weight is 157 g/mol. The number of ketones is 1. The van der Waals surface area contributed by atoms with Gasteiger partial charge >= 0.3 is 0 Å². The van der Waals surface area contributed by atoms with Crippen LogP contribution in [0.15, 0.2) is 12.0 Å². The molecule has 0 rings (SSSR count). The fraction of sp³-hybridized carbons (Fsp3) is 0.625. The van der Waals surface area contributed by atoms with E-state index < -0.39 is 0 Å². The zero-order chi connectivity index (χ0) is 9.07. The summed E-state index contributed by atoms with van der Waals surface area (Å²) in [6.45, 7) is 5.48. The molecular formula is C8H15NO2. The minimum Gasteiger partial charge on any atom is -0.483 e. The van der Waals surface area contributed by atoms with Gasteiger partial charge < -0.3 is 10.5 Å². The Morgan fingerprint density at radius 3 is 2.18 bits per heavy atom. The molecule has 0 saturated carbocycles. The molecule has 0 heterocycles.